The lowest BCUT2D eigenvalue weighted by Crippen LogP contribution is -2.14. The third-order valence-electron chi connectivity index (χ3n) is 1.46. The van der Waals surface area contributed by atoms with Crippen LogP contribution in [0.15, 0.2) is 10.9 Å². The summed E-state index contributed by atoms with van der Waals surface area (Å²) in [7, 11) is 0. The van der Waals surface area contributed by atoms with Gasteiger partial charge in [0.2, 0.25) is 0 Å². The average Bonchev–Trinajstić information content (AvgIpc) is 2.57. The second-order valence-corrected chi connectivity index (χ2v) is 3.18. The van der Waals surface area contributed by atoms with Crippen LogP contribution in [-0.2, 0) is 6.54 Å². The van der Waals surface area contributed by atoms with Crippen molar-refractivity contribution < 1.29 is 0 Å². The van der Waals surface area contributed by atoms with E-state index in [-0.39, 0.29) is 0 Å². The van der Waals surface area contributed by atoms with Crippen molar-refractivity contribution >= 4 is 11.3 Å². The number of hydrogen-bond donors (Lipinski definition) is 1. The van der Waals surface area contributed by atoms with Crippen molar-refractivity contribution in [3.05, 3.63) is 16.6 Å². The summed E-state index contributed by atoms with van der Waals surface area (Å²) < 4.78 is 0. The van der Waals surface area contributed by atoms with Gasteiger partial charge in [0.1, 0.15) is 0 Å². The van der Waals surface area contributed by atoms with E-state index >= 15 is 0 Å². The van der Waals surface area contributed by atoms with Crippen molar-refractivity contribution in [3.8, 4) is 12.3 Å². The molecule has 0 atom stereocenters. The molecule has 0 aliphatic rings. The molecule has 1 aromatic rings. The van der Waals surface area contributed by atoms with Gasteiger partial charge in [-0.05, 0) is 13.0 Å². The molecule has 0 saturated carbocycles. The van der Waals surface area contributed by atoms with Gasteiger partial charge < -0.3 is 5.32 Å². The number of aromatic nitrogens is 1. The number of terminal acetylenes is 1. The van der Waals surface area contributed by atoms with Gasteiger partial charge in [-0.1, -0.05) is 0 Å². The molecule has 2 nitrogen and oxygen atoms in total. The van der Waals surface area contributed by atoms with Gasteiger partial charge in [-0.2, -0.15) is 0 Å². The van der Waals surface area contributed by atoms with Crippen LogP contribution in [0.2, 0.25) is 0 Å². The molecule has 0 aliphatic carbocycles. The van der Waals surface area contributed by atoms with Gasteiger partial charge in [0.05, 0.1) is 11.2 Å². The van der Waals surface area contributed by atoms with Gasteiger partial charge in [0.25, 0.3) is 0 Å². The van der Waals surface area contributed by atoms with Gasteiger partial charge in [0, 0.05) is 18.3 Å². The maximum atomic E-state index is 5.12. The number of thiazole rings is 1. The summed E-state index contributed by atoms with van der Waals surface area (Å²) in [6, 6.07) is 0. The zero-order chi connectivity index (χ0) is 8.65. The maximum Gasteiger partial charge on any atom is 0.0795 e. The molecule has 0 amide bonds. The van der Waals surface area contributed by atoms with E-state index in [1.165, 1.54) is 0 Å². The SMILES string of the molecule is C#CCCCNCc1cscn1. The van der Waals surface area contributed by atoms with Crippen molar-refractivity contribution in [3.63, 3.8) is 0 Å². The highest BCUT2D eigenvalue weighted by molar-refractivity contribution is 7.07. The number of unbranched alkanes of at least 4 members (excludes halogenated alkanes) is 1. The van der Waals surface area contributed by atoms with Gasteiger partial charge in [0.15, 0.2) is 0 Å². The second-order valence-electron chi connectivity index (χ2n) is 2.46. The summed E-state index contributed by atoms with van der Waals surface area (Å²) in [5, 5.41) is 5.32. The number of nitrogens with zero attached hydrogens (tertiary/aromatic N) is 1. The molecule has 0 saturated heterocycles. The number of hydrogen-bond acceptors (Lipinski definition) is 3. The van der Waals surface area contributed by atoms with Crippen molar-refractivity contribution in [1.29, 1.82) is 0 Å². The van der Waals surface area contributed by atoms with Crippen LogP contribution in [0.1, 0.15) is 18.5 Å². The Morgan fingerprint density at radius 3 is 3.25 bits per heavy atom. The number of nitrogens with one attached hydrogen (secondary N) is 1. The van der Waals surface area contributed by atoms with Gasteiger partial charge in [-0.3, -0.25) is 0 Å². The molecule has 0 aliphatic heterocycles. The molecule has 12 heavy (non-hydrogen) atoms. The highest BCUT2D eigenvalue weighted by Gasteiger charge is 1.92. The first-order chi connectivity index (χ1) is 5.93. The molecule has 3 heteroatoms. The molecule has 0 radical (unpaired) electrons. The van der Waals surface area contributed by atoms with Gasteiger partial charge >= 0.3 is 0 Å². The minimum absolute atomic E-state index is 0.851. The smallest absolute Gasteiger partial charge is 0.0795 e. The summed E-state index contributed by atoms with van der Waals surface area (Å²) >= 11 is 1.62. The van der Waals surface area contributed by atoms with Crippen molar-refractivity contribution in [2.75, 3.05) is 6.54 Å². The molecule has 1 aromatic heterocycles. The molecule has 64 valence electrons. The molecule has 1 heterocycles. The minimum Gasteiger partial charge on any atom is -0.311 e. The van der Waals surface area contributed by atoms with E-state index in [9.17, 15) is 0 Å². The average molecular weight is 180 g/mol. The van der Waals surface area contributed by atoms with Crippen LogP contribution in [0.3, 0.4) is 0 Å². The fourth-order valence-electron chi connectivity index (χ4n) is 0.857. The first-order valence-corrected chi connectivity index (χ1v) is 4.89. The predicted molar refractivity (Wildman–Crippen MR) is 51.9 cm³/mol. The molecule has 0 spiro atoms. The Balaban J connectivity index is 2.01. The summed E-state index contributed by atoms with van der Waals surface area (Å²) in [5.41, 5.74) is 2.96. The topological polar surface area (TPSA) is 24.9 Å². The van der Waals surface area contributed by atoms with E-state index in [2.05, 4.69) is 16.2 Å². The molecule has 1 rings (SSSR count). The Bertz CT molecular complexity index is 236. The van der Waals surface area contributed by atoms with E-state index in [1.54, 1.807) is 11.3 Å². The number of rotatable bonds is 5. The molecular weight excluding hydrogens is 168 g/mol. The van der Waals surface area contributed by atoms with E-state index < -0.39 is 0 Å². The molecular formula is C9H12N2S. The zero-order valence-electron chi connectivity index (χ0n) is 6.92. The Morgan fingerprint density at radius 1 is 1.67 bits per heavy atom. The Labute approximate surface area is 77.0 Å². The van der Waals surface area contributed by atoms with E-state index in [0.717, 1.165) is 31.6 Å². The van der Waals surface area contributed by atoms with Crippen LogP contribution in [0.4, 0.5) is 0 Å². The van der Waals surface area contributed by atoms with Crippen LogP contribution in [0.25, 0.3) is 0 Å². The Hall–Kier alpha value is -0.850. The van der Waals surface area contributed by atoms with E-state index in [0.29, 0.717) is 0 Å². The standard InChI is InChI=1S/C9H12N2S/c1-2-3-4-5-10-6-9-7-12-8-11-9/h1,7-8,10H,3-6H2. The fourth-order valence-corrected chi connectivity index (χ4v) is 1.42. The summed E-state index contributed by atoms with van der Waals surface area (Å²) in [4.78, 5) is 4.15. The fraction of sp³-hybridized carbons (Fsp3) is 0.444. The lowest BCUT2D eigenvalue weighted by atomic mass is 10.3. The van der Waals surface area contributed by atoms with Crippen LogP contribution in [-0.4, -0.2) is 11.5 Å². The quantitative estimate of drug-likeness (QED) is 0.550. The molecule has 0 fully saturated rings. The highest BCUT2D eigenvalue weighted by Crippen LogP contribution is 1.99. The third kappa shape index (κ3) is 3.51. The highest BCUT2D eigenvalue weighted by atomic mass is 32.1. The van der Waals surface area contributed by atoms with Crippen LogP contribution < -0.4 is 5.32 Å². The minimum atomic E-state index is 0.851. The van der Waals surface area contributed by atoms with Crippen LogP contribution in [0, 0.1) is 12.3 Å². The molecule has 0 aromatic carbocycles. The first kappa shape index (κ1) is 9.24. The Morgan fingerprint density at radius 2 is 2.58 bits per heavy atom. The van der Waals surface area contributed by atoms with Crippen molar-refractivity contribution in [2.24, 2.45) is 0 Å². The summed E-state index contributed by atoms with van der Waals surface area (Å²) in [5.74, 6) is 2.61. The lowest BCUT2D eigenvalue weighted by Gasteiger charge is -1.98. The summed E-state index contributed by atoms with van der Waals surface area (Å²) in [6.07, 6.45) is 7.01. The second kappa shape index (κ2) is 5.76. The normalized spacial score (nSPS) is 9.58. The Kier molecular flexibility index (Phi) is 4.43. The third-order valence-corrected chi connectivity index (χ3v) is 2.10. The lowest BCUT2D eigenvalue weighted by molar-refractivity contribution is 0.651. The van der Waals surface area contributed by atoms with Crippen molar-refractivity contribution in [2.45, 2.75) is 19.4 Å². The maximum absolute atomic E-state index is 5.12. The molecule has 0 bridgehead atoms. The summed E-state index contributed by atoms with van der Waals surface area (Å²) in [6.45, 7) is 1.83. The largest absolute Gasteiger partial charge is 0.311 e. The van der Waals surface area contributed by atoms with E-state index in [1.807, 2.05) is 10.9 Å². The first-order valence-electron chi connectivity index (χ1n) is 3.94. The monoisotopic (exact) mass is 180 g/mol. The van der Waals surface area contributed by atoms with Crippen molar-refractivity contribution in [1.82, 2.24) is 10.3 Å². The predicted octanol–water partition coefficient (Wildman–Crippen LogP) is 1.65. The van der Waals surface area contributed by atoms with Crippen LogP contribution >= 0.6 is 11.3 Å². The molecule has 1 N–H and O–H groups in total. The zero-order valence-corrected chi connectivity index (χ0v) is 7.73. The molecule has 0 unspecified atom stereocenters. The van der Waals surface area contributed by atoms with E-state index in [4.69, 9.17) is 6.42 Å². The van der Waals surface area contributed by atoms with Crippen LogP contribution in [0.5, 0.6) is 0 Å². The van der Waals surface area contributed by atoms with Gasteiger partial charge in [-0.25, -0.2) is 4.98 Å². The van der Waals surface area contributed by atoms with Gasteiger partial charge in [-0.15, -0.1) is 23.7 Å².